The summed E-state index contributed by atoms with van der Waals surface area (Å²) in [7, 11) is 0. The Kier molecular flexibility index (Phi) is 7.63. The van der Waals surface area contributed by atoms with Gasteiger partial charge in [-0.1, -0.05) is 29.8 Å². The van der Waals surface area contributed by atoms with Crippen LogP contribution in [0.25, 0.3) is 0 Å². The highest BCUT2D eigenvalue weighted by atomic mass is 35.5. The molecule has 2 amide bonds. The quantitative estimate of drug-likeness (QED) is 0.583. The molecule has 2 fully saturated rings. The van der Waals surface area contributed by atoms with E-state index in [9.17, 15) is 9.90 Å². The van der Waals surface area contributed by atoms with E-state index in [1.54, 1.807) is 4.90 Å². The molecule has 4 rings (SSSR count). The third kappa shape index (κ3) is 6.53. The molecule has 0 saturated carbocycles. The number of aliphatic hydroxyl groups is 1. The van der Waals surface area contributed by atoms with Gasteiger partial charge in [-0.25, -0.2) is 4.79 Å². The van der Waals surface area contributed by atoms with E-state index >= 15 is 0 Å². The number of urea groups is 1. The molecular weight excluding hydrogens is 442 g/mol. The minimum Gasteiger partial charge on any atom is -0.492 e. The molecule has 0 spiro atoms. The van der Waals surface area contributed by atoms with E-state index < -0.39 is 5.60 Å². The predicted molar refractivity (Wildman–Crippen MR) is 128 cm³/mol. The van der Waals surface area contributed by atoms with Crippen molar-refractivity contribution in [3.8, 4) is 11.5 Å². The van der Waals surface area contributed by atoms with Gasteiger partial charge in [-0.2, -0.15) is 0 Å². The SMILES string of the molecule is Cc1ccc(Cl)c(OCC2(O)CCN(Cc3ccc(OCCN4CCNC4=O)cc3)CC2)c1. The fourth-order valence-corrected chi connectivity index (χ4v) is 4.32. The normalized spacial score (nSPS) is 18.3. The second-order valence-corrected chi connectivity index (χ2v) is 9.34. The molecule has 0 bridgehead atoms. The zero-order chi connectivity index (χ0) is 23.3. The van der Waals surface area contributed by atoms with E-state index in [0.717, 1.165) is 37.5 Å². The first-order valence-electron chi connectivity index (χ1n) is 11.5. The van der Waals surface area contributed by atoms with Crippen LogP contribution >= 0.6 is 11.6 Å². The number of benzene rings is 2. The van der Waals surface area contributed by atoms with Gasteiger partial charge in [0.05, 0.1) is 11.6 Å². The fraction of sp³-hybridized carbons (Fsp3) is 0.480. The average Bonchev–Trinajstić information content (AvgIpc) is 3.22. The number of nitrogens with one attached hydrogen (secondary N) is 1. The van der Waals surface area contributed by atoms with Crippen molar-refractivity contribution in [2.75, 3.05) is 45.9 Å². The van der Waals surface area contributed by atoms with Gasteiger partial charge in [0.15, 0.2) is 0 Å². The Morgan fingerprint density at radius 2 is 1.85 bits per heavy atom. The number of hydrogen-bond acceptors (Lipinski definition) is 5. The van der Waals surface area contributed by atoms with E-state index in [2.05, 4.69) is 22.3 Å². The van der Waals surface area contributed by atoms with Gasteiger partial charge in [0.25, 0.3) is 0 Å². The van der Waals surface area contributed by atoms with Gasteiger partial charge in [0, 0.05) is 32.7 Å². The van der Waals surface area contributed by atoms with Crippen molar-refractivity contribution in [1.29, 1.82) is 0 Å². The van der Waals surface area contributed by atoms with E-state index in [1.165, 1.54) is 5.56 Å². The van der Waals surface area contributed by atoms with Gasteiger partial charge in [-0.05, 0) is 55.2 Å². The summed E-state index contributed by atoms with van der Waals surface area (Å²) < 4.78 is 11.6. The Balaban J connectivity index is 1.19. The van der Waals surface area contributed by atoms with Crippen molar-refractivity contribution in [3.63, 3.8) is 0 Å². The fourth-order valence-electron chi connectivity index (χ4n) is 4.15. The summed E-state index contributed by atoms with van der Waals surface area (Å²) in [6.07, 6.45) is 1.31. The standard InChI is InChI=1S/C25H32ClN3O4/c1-19-2-7-22(26)23(16-19)33-18-25(31)8-11-28(12-9-25)17-20-3-5-21(6-4-20)32-15-14-29-13-10-27-24(29)30/h2-7,16,31H,8-15,17-18H2,1H3,(H,27,30). The Morgan fingerprint density at radius 1 is 1.09 bits per heavy atom. The smallest absolute Gasteiger partial charge is 0.317 e. The molecule has 0 atom stereocenters. The van der Waals surface area contributed by atoms with E-state index in [-0.39, 0.29) is 12.6 Å². The van der Waals surface area contributed by atoms with Crippen LogP contribution in [0.5, 0.6) is 11.5 Å². The van der Waals surface area contributed by atoms with Crippen LogP contribution in [0.1, 0.15) is 24.0 Å². The summed E-state index contributed by atoms with van der Waals surface area (Å²) in [5.41, 5.74) is 1.44. The Bertz CT molecular complexity index is 945. The number of ether oxygens (including phenoxy) is 2. The van der Waals surface area contributed by atoms with Crippen LogP contribution in [-0.4, -0.2) is 72.5 Å². The Labute approximate surface area is 200 Å². The lowest BCUT2D eigenvalue weighted by molar-refractivity contribution is -0.0537. The highest BCUT2D eigenvalue weighted by Crippen LogP contribution is 2.29. The molecule has 2 aliphatic heterocycles. The third-order valence-electron chi connectivity index (χ3n) is 6.27. The average molecular weight is 474 g/mol. The molecule has 2 saturated heterocycles. The van der Waals surface area contributed by atoms with E-state index in [4.69, 9.17) is 21.1 Å². The van der Waals surface area contributed by atoms with Gasteiger partial charge in [0.1, 0.15) is 30.3 Å². The van der Waals surface area contributed by atoms with E-state index in [1.807, 2.05) is 37.3 Å². The zero-order valence-corrected chi connectivity index (χ0v) is 19.8. The summed E-state index contributed by atoms with van der Waals surface area (Å²) in [5.74, 6) is 1.43. The number of halogens is 1. The second kappa shape index (κ2) is 10.6. The van der Waals surface area contributed by atoms with Crippen molar-refractivity contribution < 1.29 is 19.4 Å². The summed E-state index contributed by atoms with van der Waals surface area (Å²) in [6.45, 7) is 7.17. The molecule has 0 aromatic heterocycles. The number of hydrogen-bond donors (Lipinski definition) is 2. The summed E-state index contributed by atoms with van der Waals surface area (Å²) in [4.78, 5) is 15.6. The largest absolute Gasteiger partial charge is 0.492 e. The lowest BCUT2D eigenvalue weighted by atomic mass is 9.92. The second-order valence-electron chi connectivity index (χ2n) is 8.93. The highest BCUT2D eigenvalue weighted by molar-refractivity contribution is 6.32. The molecule has 8 heteroatoms. The van der Waals surface area contributed by atoms with Gasteiger partial charge in [-0.15, -0.1) is 0 Å². The van der Waals surface area contributed by atoms with Crippen LogP contribution in [0.3, 0.4) is 0 Å². The number of aryl methyl sites for hydroxylation is 1. The molecule has 0 radical (unpaired) electrons. The molecule has 2 N–H and O–H groups in total. The number of amides is 2. The van der Waals surface area contributed by atoms with Crippen molar-refractivity contribution in [1.82, 2.24) is 15.1 Å². The lowest BCUT2D eigenvalue weighted by Crippen LogP contribution is -2.47. The van der Waals surface area contributed by atoms with Gasteiger partial charge >= 0.3 is 6.03 Å². The first kappa shape index (κ1) is 23.7. The molecule has 2 aliphatic rings. The minimum atomic E-state index is -0.840. The number of rotatable bonds is 9. The molecule has 33 heavy (non-hydrogen) atoms. The van der Waals surface area contributed by atoms with Crippen molar-refractivity contribution in [2.45, 2.75) is 31.9 Å². The number of carbonyl (C=O) groups is 1. The van der Waals surface area contributed by atoms with Gasteiger partial charge < -0.3 is 24.8 Å². The highest BCUT2D eigenvalue weighted by Gasteiger charge is 2.33. The van der Waals surface area contributed by atoms with Crippen molar-refractivity contribution >= 4 is 17.6 Å². The maximum absolute atomic E-state index is 11.5. The van der Waals surface area contributed by atoms with Crippen LogP contribution < -0.4 is 14.8 Å². The molecule has 7 nitrogen and oxygen atoms in total. The molecule has 2 aromatic carbocycles. The maximum Gasteiger partial charge on any atom is 0.317 e. The number of likely N-dealkylation sites (tertiary alicyclic amines) is 1. The summed E-state index contributed by atoms with van der Waals surface area (Å²) >= 11 is 6.21. The van der Waals surface area contributed by atoms with Crippen LogP contribution in [0.15, 0.2) is 42.5 Å². The van der Waals surface area contributed by atoms with Crippen molar-refractivity contribution in [3.05, 3.63) is 58.6 Å². The molecule has 0 aliphatic carbocycles. The first-order valence-corrected chi connectivity index (χ1v) is 11.9. The predicted octanol–water partition coefficient (Wildman–Crippen LogP) is 3.46. The van der Waals surface area contributed by atoms with Crippen LogP contribution in [0.2, 0.25) is 5.02 Å². The number of carbonyl (C=O) groups excluding carboxylic acids is 1. The number of piperidine rings is 1. The van der Waals surface area contributed by atoms with Gasteiger partial charge in [-0.3, -0.25) is 4.90 Å². The zero-order valence-electron chi connectivity index (χ0n) is 19.1. The Hall–Kier alpha value is -2.48. The van der Waals surface area contributed by atoms with Crippen molar-refractivity contribution in [2.24, 2.45) is 0 Å². The summed E-state index contributed by atoms with van der Waals surface area (Å²) in [5, 5.41) is 14.3. The van der Waals surface area contributed by atoms with Crippen LogP contribution in [0.4, 0.5) is 4.79 Å². The maximum atomic E-state index is 11.5. The molecule has 0 unspecified atom stereocenters. The topological polar surface area (TPSA) is 74.3 Å². The van der Waals surface area contributed by atoms with E-state index in [0.29, 0.717) is 43.3 Å². The Morgan fingerprint density at radius 3 is 2.55 bits per heavy atom. The molecule has 2 aromatic rings. The minimum absolute atomic E-state index is 0.0205. The first-order chi connectivity index (χ1) is 15.9. The lowest BCUT2D eigenvalue weighted by Gasteiger charge is -2.38. The van der Waals surface area contributed by atoms with Crippen LogP contribution in [-0.2, 0) is 6.54 Å². The third-order valence-corrected chi connectivity index (χ3v) is 6.59. The van der Waals surface area contributed by atoms with Crippen LogP contribution in [0, 0.1) is 6.92 Å². The number of nitrogens with zero attached hydrogens (tertiary/aromatic N) is 2. The molecular formula is C25H32ClN3O4. The molecule has 178 valence electrons. The molecule has 2 heterocycles. The summed E-state index contributed by atoms with van der Waals surface area (Å²) in [6, 6.07) is 13.7. The van der Waals surface area contributed by atoms with Gasteiger partial charge in [0.2, 0.25) is 0 Å². The monoisotopic (exact) mass is 473 g/mol.